The van der Waals surface area contributed by atoms with Gasteiger partial charge in [-0.3, -0.25) is 9.79 Å². The monoisotopic (exact) mass is 394 g/mol. The average molecular weight is 395 g/mol. The van der Waals surface area contributed by atoms with Crippen LogP contribution in [0.25, 0.3) is 5.57 Å². The second-order valence-electron chi connectivity index (χ2n) is 6.83. The number of ether oxygens (including phenoxy) is 2. The van der Waals surface area contributed by atoms with Gasteiger partial charge in [0.15, 0.2) is 0 Å². The maximum Gasteiger partial charge on any atom is 0.270 e. The molecule has 2 saturated heterocycles. The van der Waals surface area contributed by atoms with Gasteiger partial charge in [-0.1, -0.05) is 18.5 Å². The molecule has 8 heteroatoms. The van der Waals surface area contributed by atoms with Gasteiger partial charge in [-0.05, 0) is 38.5 Å². The summed E-state index contributed by atoms with van der Waals surface area (Å²) in [6.07, 6.45) is 6.57. The number of aliphatic imine (C=N–C) groups is 1. The van der Waals surface area contributed by atoms with E-state index in [9.17, 15) is 4.79 Å². The fourth-order valence-electron chi connectivity index (χ4n) is 3.51. The van der Waals surface area contributed by atoms with Crippen LogP contribution in [0.2, 0.25) is 5.02 Å². The summed E-state index contributed by atoms with van der Waals surface area (Å²) in [6.45, 7) is 4.01. The van der Waals surface area contributed by atoms with E-state index >= 15 is 0 Å². The molecule has 0 aliphatic carbocycles. The highest BCUT2D eigenvalue weighted by atomic mass is 35.5. The van der Waals surface area contributed by atoms with Gasteiger partial charge < -0.3 is 20.2 Å². The van der Waals surface area contributed by atoms with Gasteiger partial charge >= 0.3 is 0 Å². The van der Waals surface area contributed by atoms with Crippen molar-refractivity contribution in [1.29, 1.82) is 0 Å². The Hall–Kier alpha value is -1.70. The molecule has 0 spiro atoms. The normalized spacial score (nSPS) is 22.8. The Bertz CT molecular complexity index is 763. The first kappa shape index (κ1) is 20.0. The largest absolute Gasteiger partial charge is 0.404 e. The lowest BCUT2D eigenvalue weighted by Crippen LogP contribution is -2.23. The second-order valence-corrected chi connectivity index (χ2v) is 7.21. The SMILES string of the molecule is CCC(=NC1CCCCO1)C(=CN)c1nc(C2CCOCC2)c(Cl)c(=O)[nH]1. The van der Waals surface area contributed by atoms with E-state index in [0.717, 1.165) is 44.4 Å². The van der Waals surface area contributed by atoms with Gasteiger partial charge in [0, 0.05) is 31.9 Å². The number of halogens is 1. The lowest BCUT2D eigenvalue weighted by molar-refractivity contribution is 0.0223. The van der Waals surface area contributed by atoms with E-state index in [2.05, 4.69) is 9.97 Å². The van der Waals surface area contributed by atoms with Crippen LogP contribution in [0, 0.1) is 0 Å². The Kier molecular flexibility index (Phi) is 7.04. The van der Waals surface area contributed by atoms with Gasteiger partial charge in [0.25, 0.3) is 5.56 Å². The molecule has 2 aliphatic heterocycles. The van der Waals surface area contributed by atoms with Crippen molar-refractivity contribution in [2.75, 3.05) is 19.8 Å². The minimum atomic E-state index is -0.355. The molecule has 3 heterocycles. The Balaban J connectivity index is 1.95. The van der Waals surface area contributed by atoms with E-state index in [1.807, 2.05) is 6.92 Å². The summed E-state index contributed by atoms with van der Waals surface area (Å²) in [4.78, 5) is 24.6. The summed E-state index contributed by atoms with van der Waals surface area (Å²) >= 11 is 6.27. The van der Waals surface area contributed by atoms with Crippen LogP contribution < -0.4 is 11.3 Å². The minimum Gasteiger partial charge on any atom is -0.404 e. The van der Waals surface area contributed by atoms with Gasteiger partial charge in [0.05, 0.1) is 17.0 Å². The van der Waals surface area contributed by atoms with Crippen molar-refractivity contribution in [3.05, 3.63) is 33.1 Å². The van der Waals surface area contributed by atoms with Crippen LogP contribution in [0.1, 0.15) is 62.9 Å². The first-order valence-electron chi connectivity index (χ1n) is 9.62. The lowest BCUT2D eigenvalue weighted by atomic mass is 9.96. The van der Waals surface area contributed by atoms with Crippen LogP contribution >= 0.6 is 11.6 Å². The van der Waals surface area contributed by atoms with Gasteiger partial charge in [-0.25, -0.2) is 4.98 Å². The van der Waals surface area contributed by atoms with Crippen molar-refractivity contribution >= 4 is 22.9 Å². The minimum absolute atomic E-state index is 0.106. The Morgan fingerprint density at radius 1 is 1.33 bits per heavy atom. The molecule has 1 unspecified atom stereocenters. The molecule has 1 aromatic heterocycles. The Morgan fingerprint density at radius 3 is 2.74 bits per heavy atom. The lowest BCUT2D eigenvalue weighted by Gasteiger charge is -2.23. The number of nitrogens with one attached hydrogen (secondary N) is 1. The number of rotatable bonds is 5. The quantitative estimate of drug-likeness (QED) is 0.747. The molecule has 3 rings (SSSR count). The van der Waals surface area contributed by atoms with Crippen molar-refractivity contribution in [3.8, 4) is 0 Å². The van der Waals surface area contributed by atoms with Crippen molar-refractivity contribution in [1.82, 2.24) is 9.97 Å². The summed E-state index contributed by atoms with van der Waals surface area (Å²) < 4.78 is 11.1. The van der Waals surface area contributed by atoms with E-state index in [4.69, 9.17) is 31.8 Å². The van der Waals surface area contributed by atoms with Gasteiger partial charge in [0.2, 0.25) is 0 Å². The third kappa shape index (κ3) is 4.78. The zero-order valence-corrected chi connectivity index (χ0v) is 16.4. The topological polar surface area (TPSA) is 103 Å². The molecule has 3 N–H and O–H groups in total. The number of hydrogen-bond acceptors (Lipinski definition) is 6. The first-order valence-corrected chi connectivity index (χ1v) is 10.00. The van der Waals surface area contributed by atoms with E-state index in [1.54, 1.807) is 0 Å². The first-order chi connectivity index (χ1) is 13.1. The van der Waals surface area contributed by atoms with Crippen molar-refractivity contribution in [2.45, 2.75) is 57.6 Å². The molecule has 2 fully saturated rings. The summed E-state index contributed by atoms with van der Waals surface area (Å²) in [6, 6.07) is 0. The molecule has 0 saturated carbocycles. The molecular weight excluding hydrogens is 368 g/mol. The van der Waals surface area contributed by atoms with E-state index in [1.165, 1.54) is 6.20 Å². The second kappa shape index (κ2) is 9.48. The smallest absolute Gasteiger partial charge is 0.270 e. The molecular formula is C19H27ClN4O3. The molecule has 27 heavy (non-hydrogen) atoms. The number of allylic oxidation sites excluding steroid dienone is 1. The highest BCUT2D eigenvalue weighted by Gasteiger charge is 2.24. The van der Waals surface area contributed by atoms with Gasteiger partial charge in [-0.15, -0.1) is 0 Å². The third-order valence-corrected chi connectivity index (χ3v) is 5.38. The molecule has 148 valence electrons. The van der Waals surface area contributed by atoms with Crippen molar-refractivity contribution in [2.24, 2.45) is 10.7 Å². The fraction of sp³-hybridized carbons (Fsp3) is 0.632. The maximum atomic E-state index is 12.4. The molecule has 2 aliphatic rings. The highest BCUT2D eigenvalue weighted by Crippen LogP contribution is 2.30. The van der Waals surface area contributed by atoms with E-state index in [0.29, 0.717) is 36.7 Å². The van der Waals surface area contributed by atoms with Crippen LogP contribution in [-0.2, 0) is 9.47 Å². The van der Waals surface area contributed by atoms with Gasteiger partial charge in [0.1, 0.15) is 17.1 Å². The number of hydrogen-bond donors (Lipinski definition) is 2. The molecule has 0 bridgehead atoms. The Labute approximate surface area is 164 Å². The van der Waals surface area contributed by atoms with Crippen LogP contribution in [-0.4, -0.2) is 41.7 Å². The standard InChI is InChI=1S/C19H27ClN4O3/c1-2-14(22-15-5-3-4-8-27-15)13(11-21)18-23-17(16(20)19(25)24-18)12-6-9-26-10-7-12/h11-12,15H,2-10,21H2,1H3,(H,23,24,25). The van der Waals surface area contributed by atoms with Crippen LogP contribution in [0.5, 0.6) is 0 Å². The fourth-order valence-corrected chi connectivity index (χ4v) is 3.75. The number of nitrogens with zero attached hydrogens (tertiary/aromatic N) is 2. The summed E-state index contributed by atoms with van der Waals surface area (Å²) in [5.74, 6) is 0.514. The average Bonchev–Trinajstić information content (AvgIpc) is 2.71. The predicted molar refractivity (Wildman–Crippen MR) is 106 cm³/mol. The van der Waals surface area contributed by atoms with E-state index < -0.39 is 0 Å². The number of aromatic amines is 1. The Morgan fingerprint density at radius 2 is 2.11 bits per heavy atom. The molecule has 0 amide bonds. The number of H-pyrrole nitrogens is 1. The summed E-state index contributed by atoms with van der Waals surface area (Å²) in [7, 11) is 0. The van der Waals surface area contributed by atoms with Crippen molar-refractivity contribution in [3.63, 3.8) is 0 Å². The van der Waals surface area contributed by atoms with Crippen LogP contribution in [0.4, 0.5) is 0 Å². The molecule has 7 nitrogen and oxygen atoms in total. The molecule has 0 radical (unpaired) electrons. The zero-order chi connectivity index (χ0) is 19.2. The van der Waals surface area contributed by atoms with Crippen molar-refractivity contribution < 1.29 is 9.47 Å². The molecule has 0 aromatic carbocycles. The van der Waals surface area contributed by atoms with Gasteiger partial charge in [-0.2, -0.15) is 0 Å². The maximum absolute atomic E-state index is 12.4. The summed E-state index contributed by atoms with van der Waals surface area (Å²) in [5.41, 5.74) is 7.55. The van der Waals surface area contributed by atoms with Crippen LogP contribution in [0.15, 0.2) is 16.0 Å². The third-order valence-electron chi connectivity index (χ3n) is 5.02. The zero-order valence-electron chi connectivity index (χ0n) is 15.7. The van der Waals surface area contributed by atoms with Crippen LogP contribution in [0.3, 0.4) is 0 Å². The van der Waals surface area contributed by atoms with E-state index in [-0.39, 0.29) is 22.7 Å². The number of aromatic nitrogens is 2. The highest BCUT2D eigenvalue weighted by molar-refractivity contribution is 6.31. The molecule has 1 aromatic rings. The molecule has 1 atom stereocenters. The number of nitrogens with two attached hydrogens (primary N) is 1. The predicted octanol–water partition coefficient (Wildman–Crippen LogP) is 2.99. The summed E-state index contributed by atoms with van der Waals surface area (Å²) in [5, 5.41) is 0.146.